The number of nitrogens with one attached hydrogen (secondary N) is 2. The molecule has 0 saturated carbocycles. The van der Waals surface area contributed by atoms with Crippen LogP contribution in [0.5, 0.6) is 0 Å². The first-order valence-corrected chi connectivity index (χ1v) is 9.05. The SMILES string of the molecule is CCCNC(=O)CNC(=O)C1CC(=O)N(c2ccc3c(c2)CCC3)C1. The van der Waals surface area contributed by atoms with Crippen LogP contribution in [0.4, 0.5) is 5.69 Å². The topological polar surface area (TPSA) is 78.5 Å². The van der Waals surface area contributed by atoms with Crippen LogP contribution in [-0.4, -0.2) is 37.4 Å². The Morgan fingerprint density at radius 1 is 1.20 bits per heavy atom. The van der Waals surface area contributed by atoms with E-state index in [1.54, 1.807) is 4.90 Å². The summed E-state index contributed by atoms with van der Waals surface area (Å²) in [7, 11) is 0. The number of carbonyl (C=O) groups is 3. The quantitative estimate of drug-likeness (QED) is 0.814. The molecule has 134 valence electrons. The molecule has 0 spiro atoms. The van der Waals surface area contributed by atoms with E-state index >= 15 is 0 Å². The summed E-state index contributed by atoms with van der Waals surface area (Å²) in [6.45, 7) is 2.90. The summed E-state index contributed by atoms with van der Waals surface area (Å²) in [6.07, 6.45) is 4.38. The van der Waals surface area contributed by atoms with Gasteiger partial charge in [0.2, 0.25) is 17.7 Å². The third kappa shape index (κ3) is 4.00. The van der Waals surface area contributed by atoms with E-state index in [1.165, 1.54) is 11.1 Å². The molecule has 0 bridgehead atoms. The smallest absolute Gasteiger partial charge is 0.239 e. The van der Waals surface area contributed by atoms with Gasteiger partial charge in [0.05, 0.1) is 12.5 Å². The Labute approximate surface area is 148 Å². The Bertz CT molecular complexity index is 686. The van der Waals surface area contributed by atoms with Crippen LogP contribution in [0.2, 0.25) is 0 Å². The molecule has 1 aromatic rings. The van der Waals surface area contributed by atoms with Gasteiger partial charge in [-0.15, -0.1) is 0 Å². The Morgan fingerprint density at radius 3 is 2.80 bits per heavy atom. The molecular weight excluding hydrogens is 318 g/mol. The van der Waals surface area contributed by atoms with Gasteiger partial charge in [-0.2, -0.15) is 0 Å². The summed E-state index contributed by atoms with van der Waals surface area (Å²) in [5, 5.41) is 5.35. The average Bonchev–Trinajstić information content (AvgIpc) is 3.23. The van der Waals surface area contributed by atoms with Gasteiger partial charge < -0.3 is 15.5 Å². The molecule has 3 rings (SSSR count). The standard InChI is InChI=1S/C19H25N3O3/c1-2-8-20-17(23)11-21-19(25)15-10-18(24)22(12-15)16-7-6-13-4-3-5-14(13)9-16/h6-7,9,15H,2-5,8,10-12H2,1H3,(H,20,23)(H,21,25). The first-order valence-electron chi connectivity index (χ1n) is 9.05. The fourth-order valence-electron chi connectivity index (χ4n) is 3.50. The maximum atomic E-state index is 12.3. The summed E-state index contributed by atoms with van der Waals surface area (Å²) in [5.74, 6) is -0.869. The van der Waals surface area contributed by atoms with Crippen LogP contribution in [0, 0.1) is 5.92 Å². The summed E-state index contributed by atoms with van der Waals surface area (Å²) < 4.78 is 0. The van der Waals surface area contributed by atoms with Gasteiger partial charge in [-0.05, 0) is 48.9 Å². The first-order chi connectivity index (χ1) is 12.1. The van der Waals surface area contributed by atoms with Gasteiger partial charge in [-0.25, -0.2) is 0 Å². The molecule has 2 N–H and O–H groups in total. The largest absolute Gasteiger partial charge is 0.355 e. The van der Waals surface area contributed by atoms with Crippen molar-refractivity contribution in [1.29, 1.82) is 0 Å². The number of carbonyl (C=O) groups excluding carboxylic acids is 3. The molecule has 0 aromatic heterocycles. The Morgan fingerprint density at radius 2 is 2.00 bits per heavy atom. The Hall–Kier alpha value is -2.37. The van der Waals surface area contributed by atoms with Crippen molar-refractivity contribution in [3.05, 3.63) is 29.3 Å². The third-order valence-corrected chi connectivity index (χ3v) is 4.88. The minimum absolute atomic E-state index is 0.0338. The average molecular weight is 343 g/mol. The second-order valence-electron chi connectivity index (χ2n) is 6.78. The van der Waals surface area contributed by atoms with E-state index in [0.29, 0.717) is 13.1 Å². The van der Waals surface area contributed by atoms with Crippen LogP contribution in [0.15, 0.2) is 18.2 Å². The van der Waals surface area contributed by atoms with Gasteiger partial charge in [-0.1, -0.05) is 13.0 Å². The predicted octanol–water partition coefficient (Wildman–Crippen LogP) is 1.17. The van der Waals surface area contributed by atoms with E-state index in [-0.39, 0.29) is 30.7 Å². The van der Waals surface area contributed by atoms with E-state index in [1.807, 2.05) is 13.0 Å². The molecule has 3 amide bonds. The lowest BCUT2D eigenvalue weighted by atomic mass is 10.1. The highest BCUT2D eigenvalue weighted by Gasteiger charge is 2.35. The van der Waals surface area contributed by atoms with Gasteiger partial charge in [0.1, 0.15) is 0 Å². The summed E-state index contributed by atoms with van der Waals surface area (Å²) in [4.78, 5) is 37.9. The van der Waals surface area contributed by atoms with Gasteiger partial charge in [-0.3, -0.25) is 14.4 Å². The van der Waals surface area contributed by atoms with E-state index < -0.39 is 5.92 Å². The van der Waals surface area contributed by atoms with Gasteiger partial charge in [0.25, 0.3) is 0 Å². The molecule has 0 radical (unpaired) electrons. The second kappa shape index (κ2) is 7.68. The third-order valence-electron chi connectivity index (χ3n) is 4.88. The normalized spacial score (nSPS) is 19.0. The lowest BCUT2D eigenvalue weighted by Crippen LogP contribution is -2.40. The molecule has 25 heavy (non-hydrogen) atoms. The molecule has 1 aliphatic carbocycles. The van der Waals surface area contributed by atoms with Gasteiger partial charge in [0.15, 0.2) is 0 Å². The van der Waals surface area contributed by atoms with Crippen LogP contribution in [-0.2, 0) is 27.2 Å². The molecule has 1 saturated heterocycles. The number of anilines is 1. The van der Waals surface area contributed by atoms with Crippen molar-refractivity contribution >= 4 is 23.4 Å². The predicted molar refractivity (Wildman–Crippen MR) is 95.2 cm³/mol. The van der Waals surface area contributed by atoms with E-state index in [9.17, 15) is 14.4 Å². The fourth-order valence-corrected chi connectivity index (χ4v) is 3.50. The lowest BCUT2D eigenvalue weighted by Gasteiger charge is -2.18. The van der Waals surface area contributed by atoms with Crippen LogP contribution >= 0.6 is 0 Å². The van der Waals surface area contributed by atoms with Crippen molar-refractivity contribution < 1.29 is 14.4 Å². The monoisotopic (exact) mass is 343 g/mol. The van der Waals surface area contributed by atoms with Crippen molar-refractivity contribution in [2.24, 2.45) is 5.92 Å². The number of hydrogen-bond acceptors (Lipinski definition) is 3. The van der Waals surface area contributed by atoms with Crippen molar-refractivity contribution in [1.82, 2.24) is 10.6 Å². The fraction of sp³-hybridized carbons (Fsp3) is 0.526. The second-order valence-corrected chi connectivity index (χ2v) is 6.78. The van der Waals surface area contributed by atoms with Crippen LogP contribution in [0.1, 0.15) is 37.3 Å². The molecule has 1 aliphatic heterocycles. The molecule has 1 unspecified atom stereocenters. The highest BCUT2D eigenvalue weighted by Crippen LogP contribution is 2.30. The number of benzene rings is 1. The van der Waals surface area contributed by atoms with Gasteiger partial charge >= 0.3 is 0 Å². The highest BCUT2D eigenvalue weighted by molar-refractivity contribution is 6.00. The summed E-state index contributed by atoms with van der Waals surface area (Å²) in [6, 6.07) is 6.15. The number of nitrogens with zero attached hydrogens (tertiary/aromatic N) is 1. The molecule has 1 fully saturated rings. The molecular formula is C19H25N3O3. The molecule has 2 aliphatic rings. The van der Waals surface area contributed by atoms with Gasteiger partial charge in [0, 0.05) is 25.2 Å². The number of fused-ring (bicyclic) bond motifs is 1. The van der Waals surface area contributed by atoms with Crippen LogP contribution < -0.4 is 15.5 Å². The number of aryl methyl sites for hydroxylation is 2. The first kappa shape index (κ1) is 17.5. The van der Waals surface area contributed by atoms with Crippen molar-refractivity contribution in [3.8, 4) is 0 Å². The molecule has 1 heterocycles. The van der Waals surface area contributed by atoms with E-state index in [0.717, 1.165) is 31.4 Å². The molecule has 1 atom stereocenters. The molecule has 6 nitrogen and oxygen atoms in total. The summed E-state index contributed by atoms with van der Waals surface area (Å²) >= 11 is 0. The zero-order chi connectivity index (χ0) is 17.8. The van der Waals surface area contributed by atoms with E-state index in [4.69, 9.17) is 0 Å². The van der Waals surface area contributed by atoms with Crippen molar-refractivity contribution in [3.63, 3.8) is 0 Å². The maximum Gasteiger partial charge on any atom is 0.239 e. The highest BCUT2D eigenvalue weighted by atomic mass is 16.2. The summed E-state index contributed by atoms with van der Waals surface area (Å²) in [5.41, 5.74) is 3.55. The molecule has 6 heteroatoms. The van der Waals surface area contributed by atoms with Crippen LogP contribution in [0.25, 0.3) is 0 Å². The van der Waals surface area contributed by atoms with Crippen molar-refractivity contribution in [2.75, 3.05) is 24.5 Å². The minimum Gasteiger partial charge on any atom is -0.355 e. The molecule has 1 aromatic carbocycles. The maximum absolute atomic E-state index is 12.3. The lowest BCUT2D eigenvalue weighted by molar-refractivity contribution is -0.128. The number of amides is 3. The Balaban J connectivity index is 1.57. The Kier molecular flexibility index (Phi) is 5.36. The zero-order valence-corrected chi connectivity index (χ0v) is 14.6. The zero-order valence-electron chi connectivity index (χ0n) is 14.6. The van der Waals surface area contributed by atoms with Crippen LogP contribution in [0.3, 0.4) is 0 Å². The number of rotatable bonds is 6. The van der Waals surface area contributed by atoms with Crippen molar-refractivity contribution in [2.45, 2.75) is 39.0 Å². The van der Waals surface area contributed by atoms with E-state index in [2.05, 4.69) is 22.8 Å². The minimum atomic E-state index is -0.403. The number of hydrogen-bond donors (Lipinski definition) is 2.